The van der Waals surface area contributed by atoms with E-state index in [-0.39, 0.29) is 18.3 Å². The molecule has 0 saturated carbocycles. The lowest BCUT2D eigenvalue weighted by atomic mass is 9.71. The van der Waals surface area contributed by atoms with E-state index in [2.05, 4.69) is 5.32 Å². The van der Waals surface area contributed by atoms with Gasteiger partial charge < -0.3 is 14.8 Å². The summed E-state index contributed by atoms with van der Waals surface area (Å²) in [6, 6.07) is 15.7. The Morgan fingerprint density at radius 2 is 1.67 bits per heavy atom. The Kier molecular flexibility index (Phi) is 7.01. The molecule has 1 heterocycles. The first kappa shape index (κ1) is 23.3. The summed E-state index contributed by atoms with van der Waals surface area (Å²) in [5.41, 5.74) is 5.84. The monoisotopic (exact) mass is 465 g/mol. The molecule has 172 valence electrons. The second-order valence-corrected chi connectivity index (χ2v) is 9.04. The van der Waals surface area contributed by atoms with Gasteiger partial charge in [0, 0.05) is 41.4 Å². The third kappa shape index (κ3) is 4.90. The van der Waals surface area contributed by atoms with Crippen molar-refractivity contribution in [3.8, 4) is 0 Å². The van der Waals surface area contributed by atoms with E-state index in [0.29, 0.717) is 41.3 Å². The van der Waals surface area contributed by atoms with E-state index in [1.165, 1.54) is 0 Å². The molecule has 2 atom stereocenters. The topological polar surface area (TPSA) is 64.6 Å². The van der Waals surface area contributed by atoms with E-state index in [0.717, 1.165) is 22.4 Å². The van der Waals surface area contributed by atoms with Crippen molar-refractivity contribution in [3.05, 3.63) is 92.8 Å². The normalized spacial score (nSPS) is 20.4. The van der Waals surface area contributed by atoms with E-state index < -0.39 is 11.9 Å². The summed E-state index contributed by atoms with van der Waals surface area (Å²) >= 11 is 6.05. The number of carbonyl (C=O) groups excluding carboxylic acids is 2. The summed E-state index contributed by atoms with van der Waals surface area (Å²) < 4.78 is 10.5. The Bertz CT molecular complexity index is 1120. The number of dihydropyridines is 1. The molecule has 5 nitrogen and oxygen atoms in total. The van der Waals surface area contributed by atoms with Crippen molar-refractivity contribution in [1.82, 2.24) is 5.32 Å². The maximum atomic E-state index is 13.5. The number of Topliss-reactive ketones (excluding diaryl/α,β-unsaturated/α-hetero) is 1. The highest BCUT2D eigenvalue weighted by atomic mass is 35.5. The van der Waals surface area contributed by atoms with Crippen LogP contribution in [-0.4, -0.2) is 32.1 Å². The molecule has 33 heavy (non-hydrogen) atoms. The minimum absolute atomic E-state index is 0.0453. The van der Waals surface area contributed by atoms with E-state index in [1.807, 2.05) is 62.4 Å². The Morgan fingerprint density at radius 3 is 2.33 bits per heavy atom. The van der Waals surface area contributed by atoms with Gasteiger partial charge in [-0.3, -0.25) is 4.79 Å². The number of carbonyl (C=O) groups is 2. The number of rotatable bonds is 6. The summed E-state index contributed by atoms with van der Waals surface area (Å²) in [5, 5.41) is 4.05. The van der Waals surface area contributed by atoms with Gasteiger partial charge in [-0.2, -0.15) is 0 Å². The highest BCUT2D eigenvalue weighted by Gasteiger charge is 2.41. The average molecular weight is 466 g/mol. The average Bonchev–Trinajstić information content (AvgIpc) is 2.79. The van der Waals surface area contributed by atoms with Gasteiger partial charge in [-0.1, -0.05) is 53.6 Å². The van der Waals surface area contributed by atoms with Crippen molar-refractivity contribution in [2.24, 2.45) is 0 Å². The minimum atomic E-state index is -0.462. The predicted octanol–water partition coefficient (Wildman–Crippen LogP) is 5.20. The van der Waals surface area contributed by atoms with E-state index in [9.17, 15) is 9.59 Å². The van der Waals surface area contributed by atoms with Gasteiger partial charge in [0.15, 0.2) is 5.78 Å². The predicted molar refractivity (Wildman–Crippen MR) is 128 cm³/mol. The summed E-state index contributed by atoms with van der Waals surface area (Å²) in [5.74, 6) is -0.788. The van der Waals surface area contributed by atoms with Crippen LogP contribution < -0.4 is 5.32 Å². The zero-order valence-electron chi connectivity index (χ0n) is 19.1. The van der Waals surface area contributed by atoms with Crippen LogP contribution in [0.15, 0.2) is 71.1 Å². The van der Waals surface area contributed by atoms with Gasteiger partial charge in [0.1, 0.15) is 6.61 Å². The number of ketones is 1. The number of hydrogen-bond acceptors (Lipinski definition) is 5. The van der Waals surface area contributed by atoms with Gasteiger partial charge >= 0.3 is 5.97 Å². The van der Waals surface area contributed by atoms with E-state index in [1.54, 1.807) is 7.11 Å². The number of ether oxygens (including phenoxy) is 2. The van der Waals surface area contributed by atoms with Crippen molar-refractivity contribution >= 4 is 23.4 Å². The number of nitrogens with one attached hydrogen (secondary N) is 1. The van der Waals surface area contributed by atoms with Crippen molar-refractivity contribution < 1.29 is 19.1 Å². The molecule has 4 rings (SSSR count). The summed E-state index contributed by atoms with van der Waals surface area (Å²) in [6.07, 6.45) is 1.07. The zero-order valence-corrected chi connectivity index (χ0v) is 19.9. The minimum Gasteiger partial charge on any atom is -0.460 e. The molecule has 0 fully saturated rings. The number of aryl methyl sites for hydroxylation is 1. The molecule has 0 unspecified atom stereocenters. The van der Waals surface area contributed by atoms with Crippen LogP contribution in [0, 0.1) is 6.92 Å². The molecule has 0 bridgehead atoms. The van der Waals surface area contributed by atoms with Crippen LogP contribution in [0.3, 0.4) is 0 Å². The third-order valence-corrected chi connectivity index (χ3v) is 6.57. The number of halogens is 1. The molecule has 0 amide bonds. The Balaban J connectivity index is 1.73. The molecule has 2 aromatic carbocycles. The summed E-state index contributed by atoms with van der Waals surface area (Å²) in [6.45, 7) is 4.36. The van der Waals surface area contributed by atoms with Gasteiger partial charge in [0.25, 0.3) is 0 Å². The Morgan fingerprint density at radius 1 is 1.00 bits per heavy atom. The van der Waals surface area contributed by atoms with Crippen LogP contribution in [0.5, 0.6) is 0 Å². The molecule has 2 aliphatic rings. The van der Waals surface area contributed by atoms with Gasteiger partial charge in [-0.15, -0.1) is 0 Å². The fourth-order valence-corrected chi connectivity index (χ4v) is 4.79. The number of hydrogen-bond donors (Lipinski definition) is 1. The second-order valence-electron chi connectivity index (χ2n) is 8.61. The molecule has 1 aliphatic carbocycles. The molecular formula is C27H28ClNO4. The van der Waals surface area contributed by atoms with Crippen LogP contribution in [-0.2, 0) is 19.1 Å². The van der Waals surface area contributed by atoms with Crippen LogP contribution in [0.2, 0.25) is 5.02 Å². The lowest BCUT2D eigenvalue weighted by molar-refractivity contribution is -0.140. The van der Waals surface area contributed by atoms with Crippen LogP contribution in [0.25, 0.3) is 0 Å². The van der Waals surface area contributed by atoms with Crippen LogP contribution in [0.1, 0.15) is 48.3 Å². The van der Waals surface area contributed by atoms with E-state index in [4.69, 9.17) is 21.1 Å². The highest BCUT2D eigenvalue weighted by Crippen LogP contribution is 2.45. The van der Waals surface area contributed by atoms with Crippen molar-refractivity contribution in [2.45, 2.75) is 38.5 Å². The van der Waals surface area contributed by atoms with Gasteiger partial charge in [-0.05, 0) is 49.4 Å². The molecular weight excluding hydrogens is 438 g/mol. The number of benzene rings is 2. The largest absolute Gasteiger partial charge is 0.460 e. The van der Waals surface area contributed by atoms with Gasteiger partial charge in [-0.25, -0.2) is 4.79 Å². The first-order chi connectivity index (χ1) is 15.9. The fourth-order valence-electron chi connectivity index (χ4n) is 4.67. The molecule has 0 radical (unpaired) electrons. The molecule has 0 saturated heterocycles. The molecule has 2 aromatic rings. The maximum absolute atomic E-state index is 13.5. The first-order valence-electron chi connectivity index (χ1n) is 11.1. The lowest BCUT2D eigenvalue weighted by Gasteiger charge is -2.36. The van der Waals surface area contributed by atoms with Crippen molar-refractivity contribution in [2.75, 3.05) is 20.3 Å². The molecule has 1 N–H and O–H groups in total. The van der Waals surface area contributed by atoms with Crippen LogP contribution >= 0.6 is 11.6 Å². The van der Waals surface area contributed by atoms with Crippen LogP contribution in [0.4, 0.5) is 0 Å². The summed E-state index contributed by atoms with van der Waals surface area (Å²) in [4.78, 5) is 26.7. The maximum Gasteiger partial charge on any atom is 0.336 e. The van der Waals surface area contributed by atoms with Gasteiger partial charge in [0.2, 0.25) is 0 Å². The van der Waals surface area contributed by atoms with Crippen molar-refractivity contribution in [1.29, 1.82) is 0 Å². The fraction of sp³-hybridized carbons (Fsp3) is 0.333. The molecule has 1 aliphatic heterocycles. The quantitative estimate of drug-likeness (QED) is 0.469. The van der Waals surface area contributed by atoms with Crippen molar-refractivity contribution in [3.63, 3.8) is 0 Å². The molecule has 6 heteroatoms. The lowest BCUT2D eigenvalue weighted by Crippen LogP contribution is -2.36. The smallest absolute Gasteiger partial charge is 0.336 e. The Hall–Kier alpha value is -2.89. The van der Waals surface area contributed by atoms with E-state index >= 15 is 0 Å². The molecule has 0 spiro atoms. The number of esters is 1. The third-order valence-electron chi connectivity index (χ3n) is 6.32. The molecule has 0 aromatic heterocycles. The first-order valence-corrected chi connectivity index (χ1v) is 11.5. The SMILES string of the molecule is COCCOC(=O)C1=C(C)NC2=C(C(=O)C[C@@H](c3ccc(Cl)cc3)C2)[C@H]1c1ccc(C)cc1. The summed E-state index contributed by atoms with van der Waals surface area (Å²) in [7, 11) is 1.56. The standard InChI is InChI=1S/C27H28ClNO4/c1-16-4-6-19(7-5-16)25-24(27(31)33-13-12-32-3)17(2)29-22-14-20(15-23(30)26(22)25)18-8-10-21(28)11-9-18/h4-11,20,25,29H,12-15H2,1-3H3/t20-,25-/m0/s1. The second kappa shape index (κ2) is 9.94. The number of allylic oxidation sites excluding steroid dienone is 3. The Labute approximate surface area is 199 Å². The number of methoxy groups -OCH3 is 1. The zero-order chi connectivity index (χ0) is 23.5. The highest BCUT2D eigenvalue weighted by molar-refractivity contribution is 6.30. The van der Waals surface area contributed by atoms with Gasteiger partial charge in [0.05, 0.1) is 12.2 Å².